The Morgan fingerprint density at radius 3 is 2.54 bits per heavy atom. The number of hydrogen-bond acceptors (Lipinski definition) is 6. The van der Waals surface area contributed by atoms with E-state index in [4.69, 9.17) is 26.8 Å². The van der Waals surface area contributed by atoms with Crippen LogP contribution in [-0.4, -0.2) is 65.2 Å². The first kappa shape index (κ1) is 24.0. The van der Waals surface area contributed by atoms with Gasteiger partial charge in [0.1, 0.15) is 11.6 Å². The fourth-order valence-electron chi connectivity index (χ4n) is 4.86. The summed E-state index contributed by atoms with van der Waals surface area (Å²) in [5, 5.41) is 4.90. The van der Waals surface area contributed by atoms with E-state index in [1.165, 1.54) is 17.8 Å². The van der Waals surface area contributed by atoms with E-state index in [0.717, 1.165) is 69.2 Å². The molecule has 0 amide bonds. The summed E-state index contributed by atoms with van der Waals surface area (Å²) >= 11 is 5.88. The molecule has 9 heteroatoms. The number of halogens is 1. The molecular formula is C26H32FN5O2S. The first-order valence-electron chi connectivity index (χ1n) is 12.3. The van der Waals surface area contributed by atoms with Gasteiger partial charge in [-0.15, -0.1) is 0 Å². The van der Waals surface area contributed by atoms with E-state index in [1.807, 2.05) is 16.8 Å². The molecule has 7 nitrogen and oxygen atoms in total. The summed E-state index contributed by atoms with van der Waals surface area (Å²) in [6.45, 7) is 5.90. The lowest BCUT2D eigenvalue weighted by Gasteiger charge is -2.23. The molecule has 0 radical (unpaired) electrons. The maximum atomic E-state index is 13.6. The second-order valence-corrected chi connectivity index (χ2v) is 9.52. The number of methoxy groups -OCH3 is 1. The number of nitrogens with zero attached hydrogens (tertiary/aromatic N) is 5. The predicted molar refractivity (Wildman–Crippen MR) is 137 cm³/mol. The molecule has 2 aromatic carbocycles. The van der Waals surface area contributed by atoms with Crippen LogP contribution in [0.5, 0.6) is 5.75 Å². The molecular weight excluding hydrogens is 465 g/mol. The third-order valence-corrected chi connectivity index (χ3v) is 7.23. The van der Waals surface area contributed by atoms with Crippen molar-refractivity contribution in [2.75, 3.05) is 44.8 Å². The van der Waals surface area contributed by atoms with E-state index in [2.05, 4.69) is 26.5 Å². The predicted octanol–water partition coefficient (Wildman–Crippen LogP) is 4.58. The fourth-order valence-corrected chi connectivity index (χ4v) is 5.11. The van der Waals surface area contributed by atoms with Gasteiger partial charge in [-0.1, -0.05) is 0 Å². The van der Waals surface area contributed by atoms with Gasteiger partial charge >= 0.3 is 0 Å². The number of hydrogen-bond donors (Lipinski definition) is 0. The molecule has 0 spiro atoms. The van der Waals surface area contributed by atoms with Gasteiger partial charge in [-0.05, 0) is 80.0 Å². The SMILES string of the molecule is COc1ccc(N2CCCN(Cn3nc(-c4ccc(F)cc4)n(CC4CCCO4)c3=S)CC2)cc1. The van der Waals surface area contributed by atoms with Crippen LogP contribution in [0.25, 0.3) is 11.4 Å². The Kier molecular flexibility index (Phi) is 7.46. The third-order valence-electron chi connectivity index (χ3n) is 6.80. The molecule has 35 heavy (non-hydrogen) atoms. The Bertz CT molecular complexity index is 1170. The van der Waals surface area contributed by atoms with Crippen LogP contribution in [0.1, 0.15) is 19.3 Å². The highest BCUT2D eigenvalue weighted by Crippen LogP contribution is 2.24. The molecule has 2 aliphatic rings. The average molecular weight is 498 g/mol. The second-order valence-electron chi connectivity index (χ2n) is 9.16. The molecule has 1 aromatic heterocycles. The van der Waals surface area contributed by atoms with Crippen molar-refractivity contribution < 1.29 is 13.9 Å². The summed E-state index contributed by atoms with van der Waals surface area (Å²) in [7, 11) is 1.69. The first-order chi connectivity index (χ1) is 17.1. The molecule has 0 N–H and O–H groups in total. The first-order valence-corrected chi connectivity index (χ1v) is 12.7. The summed E-state index contributed by atoms with van der Waals surface area (Å²) in [6.07, 6.45) is 3.27. The monoisotopic (exact) mass is 497 g/mol. The fraction of sp³-hybridized carbons (Fsp3) is 0.462. The largest absolute Gasteiger partial charge is 0.497 e. The Labute approximate surface area is 210 Å². The molecule has 0 bridgehead atoms. The highest BCUT2D eigenvalue weighted by atomic mass is 32.1. The molecule has 2 aliphatic heterocycles. The van der Waals surface area contributed by atoms with Crippen LogP contribution in [0.2, 0.25) is 0 Å². The van der Waals surface area contributed by atoms with Crippen molar-refractivity contribution >= 4 is 17.9 Å². The van der Waals surface area contributed by atoms with E-state index in [0.29, 0.717) is 18.0 Å². The van der Waals surface area contributed by atoms with Crippen LogP contribution < -0.4 is 9.64 Å². The quantitative estimate of drug-likeness (QED) is 0.446. The van der Waals surface area contributed by atoms with Gasteiger partial charge in [-0.3, -0.25) is 9.47 Å². The molecule has 0 saturated carbocycles. The normalized spacial score (nSPS) is 19.1. The third kappa shape index (κ3) is 5.58. The van der Waals surface area contributed by atoms with Crippen LogP contribution in [0.4, 0.5) is 10.1 Å². The van der Waals surface area contributed by atoms with Crippen LogP contribution in [0, 0.1) is 10.6 Å². The highest BCUT2D eigenvalue weighted by Gasteiger charge is 2.22. The molecule has 2 saturated heterocycles. The summed E-state index contributed by atoms with van der Waals surface area (Å²) in [4.78, 5) is 4.82. The summed E-state index contributed by atoms with van der Waals surface area (Å²) in [5.74, 6) is 1.37. The van der Waals surface area contributed by atoms with E-state index in [-0.39, 0.29) is 11.9 Å². The zero-order chi connectivity index (χ0) is 24.2. The topological polar surface area (TPSA) is 47.7 Å². The molecule has 1 unspecified atom stereocenters. The molecule has 2 fully saturated rings. The van der Waals surface area contributed by atoms with Crippen molar-refractivity contribution in [3.05, 3.63) is 59.1 Å². The number of anilines is 1. The Morgan fingerprint density at radius 1 is 1.03 bits per heavy atom. The lowest BCUT2D eigenvalue weighted by molar-refractivity contribution is 0.0967. The number of aromatic nitrogens is 3. The number of benzene rings is 2. The van der Waals surface area contributed by atoms with Gasteiger partial charge in [0.05, 0.1) is 26.4 Å². The van der Waals surface area contributed by atoms with Gasteiger partial charge in [-0.2, -0.15) is 5.10 Å². The summed E-state index contributed by atoms with van der Waals surface area (Å²) in [5.41, 5.74) is 2.07. The molecule has 3 heterocycles. The zero-order valence-corrected chi connectivity index (χ0v) is 20.9. The lowest BCUT2D eigenvalue weighted by Crippen LogP contribution is -2.32. The van der Waals surface area contributed by atoms with Crippen molar-refractivity contribution in [3.63, 3.8) is 0 Å². The van der Waals surface area contributed by atoms with Gasteiger partial charge in [0.2, 0.25) is 0 Å². The molecule has 186 valence electrons. The van der Waals surface area contributed by atoms with Crippen LogP contribution in [-0.2, 0) is 18.0 Å². The molecule has 5 rings (SSSR count). The molecule has 3 aromatic rings. The smallest absolute Gasteiger partial charge is 0.199 e. The van der Waals surface area contributed by atoms with E-state index >= 15 is 0 Å². The summed E-state index contributed by atoms with van der Waals surface area (Å²) < 4.78 is 29.4. The Balaban J connectivity index is 1.33. The number of rotatable bonds is 7. The van der Waals surface area contributed by atoms with E-state index in [9.17, 15) is 4.39 Å². The second kappa shape index (κ2) is 10.9. The van der Waals surface area contributed by atoms with Crippen molar-refractivity contribution in [3.8, 4) is 17.1 Å². The highest BCUT2D eigenvalue weighted by molar-refractivity contribution is 7.71. The van der Waals surface area contributed by atoms with Crippen LogP contribution >= 0.6 is 12.2 Å². The van der Waals surface area contributed by atoms with Crippen molar-refractivity contribution in [1.29, 1.82) is 0 Å². The van der Waals surface area contributed by atoms with Gasteiger partial charge in [0.25, 0.3) is 0 Å². The minimum absolute atomic E-state index is 0.134. The standard InChI is InChI=1S/C26H32FN5O2S/c1-33-23-11-9-22(10-12-23)30-14-3-13-29(15-16-30)19-32-26(35)31(18-24-4-2-17-34-24)25(28-32)20-5-7-21(27)8-6-20/h5-12,24H,2-4,13-19H2,1H3. The van der Waals surface area contributed by atoms with E-state index in [1.54, 1.807) is 19.2 Å². The minimum atomic E-state index is -0.261. The Hall–Kier alpha value is -2.75. The van der Waals surface area contributed by atoms with Gasteiger partial charge in [-0.25, -0.2) is 9.07 Å². The van der Waals surface area contributed by atoms with Crippen molar-refractivity contribution in [2.45, 2.75) is 38.6 Å². The maximum Gasteiger partial charge on any atom is 0.199 e. The van der Waals surface area contributed by atoms with Gasteiger partial charge < -0.3 is 14.4 Å². The van der Waals surface area contributed by atoms with E-state index < -0.39 is 0 Å². The number of ether oxygens (including phenoxy) is 2. The molecule has 0 aliphatic carbocycles. The van der Waals surface area contributed by atoms with Crippen molar-refractivity contribution in [1.82, 2.24) is 19.2 Å². The zero-order valence-electron chi connectivity index (χ0n) is 20.1. The lowest BCUT2D eigenvalue weighted by atomic mass is 10.2. The maximum absolute atomic E-state index is 13.6. The van der Waals surface area contributed by atoms with Crippen LogP contribution in [0.15, 0.2) is 48.5 Å². The molecule has 1 atom stereocenters. The van der Waals surface area contributed by atoms with Crippen LogP contribution in [0.3, 0.4) is 0 Å². The van der Waals surface area contributed by atoms with Gasteiger partial charge in [0.15, 0.2) is 10.6 Å². The van der Waals surface area contributed by atoms with Crippen molar-refractivity contribution in [2.24, 2.45) is 0 Å². The van der Waals surface area contributed by atoms with Gasteiger partial charge in [0, 0.05) is 44.0 Å². The Morgan fingerprint density at radius 2 is 1.83 bits per heavy atom. The summed E-state index contributed by atoms with van der Waals surface area (Å²) in [6, 6.07) is 14.7. The average Bonchev–Trinajstić information content (AvgIpc) is 3.42. The minimum Gasteiger partial charge on any atom is -0.497 e.